The summed E-state index contributed by atoms with van der Waals surface area (Å²) in [4.78, 5) is 0. The second-order valence-corrected chi connectivity index (χ2v) is 16.1. The molecule has 0 unspecified atom stereocenters. The van der Waals surface area contributed by atoms with Crippen LogP contribution in [-0.4, -0.2) is 7.12 Å². The number of rotatable bonds is 4. The summed E-state index contributed by atoms with van der Waals surface area (Å²) >= 11 is 0. The van der Waals surface area contributed by atoms with Gasteiger partial charge < -0.3 is 9.31 Å². The van der Waals surface area contributed by atoms with Crippen LogP contribution >= 0.6 is 0 Å². The zero-order valence-electron chi connectivity index (χ0n) is 32.9. The molecule has 3 aliphatic rings. The monoisotopic (exact) mass is 880 g/mol. The molecule has 0 N–H and O–H groups in total. The standard InChI is InChI=1S/C48H33BF12O2/c50-45(51,52)33-19-30(20-34(24-33)46(53,54)55)28-16-29(31-21-35(47(56,57)58)25-36(22-31)48(59,60)61)18-32(17-28)40-23-27-9-5-7-13-39(27)43-42-38-12-6-4-8-26(38)14-15-41(42)62-49(63-44(40)43)37-10-2-1-3-11-37/h1-3,10-11,14-25H,4-9,12-13H2. The molecule has 0 atom stereocenters. The van der Waals surface area contributed by atoms with E-state index in [4.69, 9.17) is 9.31 Å². The molecular formula is C48H33BF12O2. The van der Waals surface area contributed by atoms with Gasteiger partial charge in [0.25, 0.3) is 0 Å². The van der Waals surface area contributed by atoms with Crippen LogP contribution in [0, 0.1) is 0 Å². The third-order valence-electron chi connectivity index (χ3n) is 12.0. The highest BCUT2D eigenvalue weighted by Gasteiger charge is 2.41. The molecule has 0 amide bonds. The molecule has 2 aliphatic carbocycles. The Morgan fingerprint density at radius 2 is 0.841 bits per heavy atom. The van der Waals surface area contributed by atoms with Crippen LogP contribution in [0.3, 0.4) is 0 Å². The number of hydrogen-bond donors (Lipinski definition) is 0. The maximum absolute atomic E-state index is 14.2. The zero-order chi connectivity index (χ0) is 44.6. The highest BCUT2D eigenvalue weighted by Crippen LogP contribution is 2.53. The number of alkyl halides is 12. The third-order valence-corrected chi connectivity index (χ3v) is 12.0. The van der Waals surface area contributed by atoms with E-state index in [1.807, 2.05) is 12.1 Å². The zero-order valence-corrected chi connectivity index (χ0v) is 32.9. The quantitative estimate of drug-likeness (QED) is 0.130. The lowest BCUT2D eigenvalue weighted by Crippen LogP contribution is -2.42. The summed E-state index contributed by atoms with van der Waals surface area (Å²) in [6.45, 7) is 0. The lowest BCUT2D eigenvalue weighted by Gasteiger charge is -2.27. The molecule has 6 aromatic carbocycles. The average Bonchev–Trinajstić information content (AvgIpc) is 3.43. The third kappa shape index (κ3) is 8.26. The van der Waals surface area contributed by atoms with Crippen molar-refractivity contribution in [2.24, 2.45) is 0 Å². The van der Waals surface area contributed by atoms with E-state index in [0.29, 0.717) is 60.3 Å². The van der Waals surface area contributed by atoms with E-state index in [2.05, 4.69) is 0 Å². The van der Waals surface area contributed by atoms with E-state index in [0.717, 1.165) is 66.0 Å². The Labute approximate surface area is 353 Å². The first kappa shape index (κ1) is 42.4. The molecule has 0 aromatic heterocycles. The van der Waals surface area contributed by atoms with Crippen molar-refractivity contribution in [1.82, 2.24) is 0 Å². The molecule has 0 saturated heterocycles. The van der Waals surface area contributed by atoms with Gasteiger partial charge in [-0.25, -0.2) is 0 Å². The minimum Gasteiger partial charge on any atom is -0.521 e. The van der Waals surface area contributed by atoms with Gasteiger partial charge in [-0.1, -0.05) is 36.4 Å². The second-order valence-electron chi connectivity index (χ2n) is 16.1. The molecule has 2 nitrogen and oxygen atoms in total. The summed E-state index contributed by atoms with van der Waals surface area (Å²) in [5, 5.41) is 0. The first-order valence-electron chi connectivity index (χ1n) is 20.2. The topological polar surface area (TPSA) is 18.5 Å². The van der Waals surface area contributed by atoms with E-state index < -0.39 is 65.2 Å². The van der Waals surface area contributed by atoms with Gasteiger partial charge in [0, 0.05) is 22.2 Å². The van der Waals surface area contributed by atoms with Crippen molar-refractivity contribution in [2.45, 2.75) is 76.1 Å². The molecule has 0 saturated carbocycles. The molecule has 0 radical (unpaired) electrons. The van der Waals surface area contributed by atoms with Gasteiger partial charge in [0.15, 0.2) is 0 Å². The van der Waals surface area contributed by atoms with Gasteiger partial charge in [-0.05, 0) is 168 Å². The number of aryl methyl sites for hydroxylation is 2. The molecule has 0 bridgehead atoms. The Hall–Kier alpha value is -5.86. The fourth-order valence-corrected chi connectivity index (χ4v) is 9.02. The first-order chi connectivity index (χ1) is 29.7. The normalized spacial score (nSPS) is 15.3. The van der Waals surface area contributed by atoms with Crippen LogP contribution in [0.25, 0.3) is 44.5 Å². The van der Waals surface area contributed by atoms with Crippen LogP contribution in [0.4, 0.5) is 52.7 Å². The molecule has 1 aliphatic heterocycles. The second kappa shape index (κ2) is 15.4. The van der Waals surface area contributed by atoms with E-state index in [1.54, 1.807) is 36.4 Å². The Bertz CT molecular complexity index is 2590. The SMILES string of the molecule is FC(F)(F)c1cc(-c2cc(-c3cc(C(F)(F)F)cc(C(F)(F)F)c3)cc(-c3cc4c(c5c3OB(c3ccccc3)Oc3ccc6c(c3-5)CCCC6)CCCC4)c2)cc(C(F)(F)F)c1. The lowest BCUT2D eigenvalue weighted by atomic mass is 9.77. The minimum absolute atomic E-state index is 0.0594. The van der Waals surface area contributed by atoms with Crippen LogP contribution in [0.15, 0.2) is 103 Å². The Morgan fingerprint density at radius 1 is 0.397 bits per heavy atom. The van der Waals surface area contributed by atoms with E-state index in [-0.39, 0.29) is 40.1 Å². The summed E-state index contributed by atoms with van der Waals surface area (Å²) in [5.74, 6) is 0.764. The predicted molar refractivity (Wildman–Crippen MR) is 215 cm³/mol. The highest BCUT2D eigenvalue weighted by atomic mass is 19.4. The van der Waals surface area contributed by atoms with Gasteiger partial charge in [0.2, 0.25) is 0 Å². The summed E-state index contributed by atoms with van der Waals surface area (Å²) in [5.41, 5.74) is -2.24. The van der Waals surface area contributed by atoms with Crippen LogP contribution in [0.2, 0.25) is 0 Å². The van der Waals surface area contributed by atoms with Gasteiger partial charge in [-0.3, -0.25) is 0 Å². The largest absolute Gasteiger partial charge is 0.632 e. The van der Waals surface area contributed by atoms with Crippen LogP contribution in [-0.2, 0) is 50.4 Å². The fourth-order valence-electron chi connectivity index (χ4n) is 9.02. The number of fused-ring (bicyclic) bond motifs is 7. The van der Waals surface area contributed by atoms with Crippen molar-refractivity contribution in [3.8, 4) is 56.0 Å². The summed E-state index contributed by atoms with van der Waals surface area (Å²) < 4.78 is 185. The molecule has 1 heterocycles. The van der Waals surface area contributed by atoms with Crippen LogP contribution in [0.1, 0.15) is 70.2 Å². The van der Waals surface area contributed by atoms with Crippen LogP contribution in [0.5, 0.6) is 11.5 Å². The van der Waals surface area contributed by atoms with Gasteiger partial charge >= 0.3 is 31.8 Å². The predicted octanol–water partition coefficient (Wildman–Crippen LogP) is 14.4. The van der Waals surface area contributed by atoms with Crippen molar-refractivity contribution >= 4 is 12.6 Å². The van der Waals surface area contributed by atoms with Gasteiger partial charge in [-0.2, -0.15) is 52.7 Å². The average molecular weight is 881 g/mol. The highest BCUT2D eigenvalue weighted by molar-refractivity contribution is 6.63. The molecule has 0 fully saturated rings. The lowest BCUT2D eigenvalue weighted by molar-refractivity contribution is -0.144. The molecule has 9 rings (SSSR count). The summed E-state index contributed by atoms with van der Waals surface area (Å²) in [6.07, 6.45) is -14.9. The van der Waals surface area contributed by atoms with E-state index >= 15 is 0 Å². The van der Waals surface area contributed by atoms with E-state index in [1.165, 1.54) is 12.1 Å². The molecule has 15 heteroatoms. The molecule has 6 aromatic rings. The molecule has 0 spiro atoms. The smallest absolute Gasteiger partial charge is 0.521 e. The van der Waals surface area contributed by atoms with E-state index in [9.17, 15) is 52.7 Å². The van der Waals surface area contributed by atoms with Gasteiger partial charge in [-0.15, -0.1) is 0 Å². The summed E-state index contributed by atoms with van der Waals surface area (Å²) in [6, 6.07) is 19.9. The van der Waals surface area contributed by atoms with Crippen molar-refractivity contribution in [2.75, 3.05) is 0 Å². The van der Waals surface area contributed by atoms with Crippen molar-refractivity contribution in [1.29, 1.82) is 0 Å². The maximum atomic E-state index is 14.2. The molecule has 63 heavy (non-hydrogen) atoms. The number of hydrogen-bond acceptors (Lipinski definition) is 2. The van der Waals surface area contributed by atoms with Crippen molar-refractivity contribution < 1.29 is 62.0 Å². The summed E-state index contributed by atoms with van der Waals surface area (Å²) in [7, 11) is -1.09. The van der Waals surface area contributed by atoms with Gasteiger partial charge in [0.1, 0.15) is 11.5 Å². The maximum Gasteiger partial charge on any atom is 0.632 e. The Morgan fingerprint density at radius 3 is 1.35 bits per heavy atom. The fraction of sp³-hybridized carbons (Fsp3) is 0.250. The van der Waals surface area contributed by atoms with Gasteiger partial charge in [0.05, 0.1) is 22.3 Å². The van der Waals surface area contributed by atoms with Crippen molar-refractivity contribution in [3.63, 3.8) is 0 Å². The van der Waals surface area contributed by atoms with Crippen molar-refractivity contribution in [3.05, 3.63) is 148 Å². The minimum atomic E-state index is -5.26. The first-order valence-corrected chi connectivity index (χ1v) is 20.2. The number of benzene rings is 6. The molecule has 324 valence electrons. The van der Waals surface area contributed by atoms with Crippen LogP contribution < -0.4 is 14.8 Å². The Kier molecular flexibility index (Phi) is 10.4. The molecular weight excluding hydrogens is 847 g/mol. The Balaban J connectivity index is 1.39. The number of halogens is 12.